The molecule has 0 heterocycles. The first-order chi connectivity index (χ1) is 6.74. The topological polar surface area (TPSA) is 53.7 Å². The molecule has 0 spiro atoms. The molecule has 0 rings (SSSR count). The van der Waals surface area contributed by atoms with Gasteiger partial charge in [-0.3, -0.25) is 0 Å². The third-order valence-corrected chi connectivity index (χ3v) is 4.21. The largest absolute Gasteiger partial charge is 0.529 e. The van der Waals surface area contributed by atoms with E-state index in [9.17, 15) is 0 Å². The van der Waals surface area contributed by atoms with E-state index < -0.39 is 8.80 Å². The van der Waals surface area contributed by atoms with Crippen molar-refractivity contribution in [1.29, 1.82) is 0 Å². The first-order valence-corrected chi connectivity index (χ1v) is 6.84. The van der Waals surface area contributed by atoms with E-state index in [2.05, 4.69) is 0 Å². The van der Waals surface area contributed by atoms with Crippen molar-refractivity contribution < 1.29 is 13.3 Å². The SMILES string of the molecule is CCO[Si](C=CCN)(OCC)OCC. The molecule has 0 aliphatic carbocycles. The lowest BCUT2D eigenvalue weighted by Gasteiger charge is -2.25. The summed E-state index contributed by atoms with van der Waals surface area (Å²) in [6.45, 7) is 8.01. The second-order valence-electron chi connectivity index (χ2n) is 2.54. The van der Waals surface area contributed by atoms with E-state index in [1.165, 1.54) is 0 Å². The Balaban J connectivity index is 4.45. The molecule has 5 heteroatoms. The van der Waals surface area contributed by atoms with Gasteiger partial charge in [-0.15, -0.1) is 0 Å². The van der Waals surface area contributed by atoms with Gasteiger partial charge in [-0.25, -0.2) is 0 Å². The highest BCUT2D eigenvalue weighted by Gasteiger charge is 2.37. The molecule has 0 fully saturated rings. The second-order valence-corrected chi connectivity index (χ2v) is 4.95. The maximum Gasteiger partial charge on any atom is 0.529 e. The van der Waals surface area contributed by atoms with Crippen LogP contribution in [0.15, 0.2) is 11.8 Å². The highest BCUT2D eigenvalue weighted by molar-refractivity contribution is 6.66. The van der Waals surface area contributed by atoms with Gasteiger partial charge in [0.15, 0.2) is 0 Å². The van der Waals surface area contributed by atoms with Crippen LogP contribution in [-0.4, -0.2) is 35.2 Å². The number of hydrogen-bond donors (Lipinski definition) is 1. The summed E-state index contributed by atoms with van der Waals surface area (Å²) in [4.78, 5) is 0. The lowest BCUT2D eigenvalue weighted by molar-refractivity contribution is 0.0842. The zero-order valence-electron chi connectivity index (χ0n) is 9.29. The van der Waals surface area contributed by atoms with Gasteiger partial charge >= 0.3 is 8.80 Å². The summed E-state index contributed by atoms with van der Waals surface area (Å²) in [6, 6.07) is 0. The highest BCUT2D eigenvalue weighted by atomic mass is 28.4. The van der Waals surface area contributed by atoms with Gasteiger partial charge in [0.25, 0.3) is 0 Å². The van der Waals surface area contributed by atoms with Crippen LogP contribution in [0.2, 0.25) is 0 Å². The molecule has 84 valence electrons. The molecule has 14 heavy (non-hydrogen) atoms. The van der Waals surface area contributed by atoms with Crippen LogP contribution in [0, 0.1) is 0 Å². The molecule has 0 radical (unpaired) electrons. The summed E-state index contributed by atoms with van der Waals surface area (Å²) >= 11 is 0. The fourth-order valence-electron chi connectivity index (χ4n) is 1.09. The van der Waals surface area contributed by atoms with Crippen molar-refractivity contribution in [1.82, 2.24) is 0 Å². The minimum absolute atomic E-state index is 0.474. The molecule has 0 aromatic rings. The van der Waals surface area contributed by atoms with E-state index >= 15 is 0 Å². The van der Waals surface area contributed by atoms with Crippen LogP contribution in [0.3, 0.4) is 0 Å². The molecule has 2 N–H and O–H groups in total. The van der Waals surface area contributed by atoms with Crippen LogP contribution in [-0.2, 0) is 13.3 Å². The number of rotatable bonds is 8. The maximum absolute atomic E-state index is 5.56. The molecule has 0 unspecified atom stereocenters. The average Bonchev–Trinajstić information content (AvgIpc) is 2.16. The van der Waals surface area contributed by atoms with Gasteiger partial charge in [0.05, 0.1) is 0 Å². The summed E-state index contributed by atoms with van der Waals surface area (Å²) in [6.07, 6.45) is 1.83. The van der Waals surface area contributed by atoms with Crippen LogP contribution in [0.5, 0.6) is 0 Å². The molecule has 0 saturated heterocycles. The molecule has 0 aromatic carbocycles. The van der Waals surface area contributed by atoms with Crippen LogP contribution in [0.25, 0.3) is 0 Å². The van der Waals surface area contributed by atoms with Gasteiger partial charge in [-0.1, -0.05) is 6.08 Å². The van der Waals surface area contributed by atoms with Gasteiger partial charge in [0.1, 0.15) is 0 Å². The van der Waals surface area contributed by atoms with Crippen molar-refractivity contribution in [3.05, 3.63) is 11.8 Å². The zero-order chi connectivity index (χ0) is 10.9. The second kappa shape index (κ2) is 8.13. The Kier molecular flexibility index (Phi) is 8.02. The minimum atomic E-state index is -2.58. The molecular formula is C9H21NO3Si. The van der Waals surface area contributed by atoms with E-state index in [0.717, 1.165) is 0 Å². The maximum atomic E-state index is 5.56. The fraction of sp³-hybridized carbons (Fsp3) is 0.778. The van der Waals surface area contributed by atoms with E-state index in [-0.39, 0.29) is 0 Å². The Bertz CT molecular complexity index is 147. The monoisotopic (exact) mass is 219 g/mol. The Labute approximate surface area is 87.4 Å². The van der Waals surface area contributed by atoms with E-state index in [4.69, 9.17) is 19.0 Å². The van der Waals surface area contributed by atoms with Crippen LogP contribution in [0.1, 0.15) is 20.8 Å². The van der Waals surface area contributed by atoms with E-state index in [1.54, 1.807) is 0 Å². The van der Waals surface area contributed by atoms with Crippen molar-refractivity contribution in [2.45, 2.75) is 20.8 Å². The van der Waals surface area contributed by atoms with Gasteiger partial charge in [0, 0.05) is 26.4 Å². The van der Waals surface area contributed by atoms with Gasteiger partial charge in [-0.05, 0) is 26.5 Å². The summed E-state index contributed by atoms with van der Waals surface area (Å²) in [5.41, 5.74) is 7.24. The first-order valence-electron chi connectivity index (χ1n) is 5.04. The Morgan fingerprint density at radius 1 is 1.00 bits per heavy atom. The highest BCUT2D eigenvalue weighted by Crippen LogP contribution is 2.11. The van der Waals surface area contributed by atoms with Crippen LogP contribution >= 0.6 is 0 Å². The molecule has 0 bridgehead atoms. The molecule has 0 aromatic heterocycles. The fourth-order valence-corrected chi connectivity index (χ4v) is 3.26. The molecule has 0 atom stereocenters. The molecule has 0 aliphatic rings. The average molecular weight is 219 g/mol. The van der Waals surface area contributed by atoms with Crippen molar-refractivity contribution in [2.75, 3.05) is 26.4 Å². The minimum Gasteiger partial charge on any atom is -0.371 e. The van der Waals surface area contributed by atoms with Crippen molar-refractivity contribution in [3.63, 3.8) is 0 Å². The summed E-state index contributed by atoms with van der Waals surface area (Å²) in [7, 11) is -2.58. The standard InChI is InChI=1S/C9H21NO3Si/c1-4-11-14(12-5-2,13-6-3)9-7-8-10/h7,9H,4-6,8,10H2,1-3H3. The summed E-state index contributed by atoms with van der Waals surface area (Å²) in [5.74, 6) is 0. The van der Waals surface area contributed by atoms with Gasteiger partial charge in [-0.2, -0.15) is 0 Å². The molecule has 0 amide bonds. The van der Waals surface area contributed by atoms with Crippen LogP contribution < -0.4 is 5.73 Å². The molecule has 0 saturated carbocycles. The number of nitrogens with two attached hydrogens (primary N) is 1. The Morgan fingerprint density at radius 2 is 1.43 bits per heavy atom. The van der Waals surface area contributed by atoms with Gasteiger partial charge in [0.2, 0.25) is 0 Å². The zero-order valence-corrected chi connectivity index (χ0v) is 10.3. The first kappa shape index (κ1) is 13.8. The predicted octanol–water partition coefficient (Wildman–Crippen LogP) is 1.09. The number of hydrogen-bond acceptors (Lipinski definition) is 4. The third kappa shape index (κ3) is 4.87. The van der Waals surface area contributed by atoms with Crippen molar-refractivity contribution in [2.24, 2.45) is 5.73 Å². The molecule has 0 aliphatic heterocycles. The summed E-state index contributed by atoms with van der Waals surface area (Å²) in [5, 5.41) is 0. The summed E-state index contributed by atoms with van der Waals surface area (Å²) < 4.78 is 16.7. The lowest BCUT2D eigenvalue weighted by atomic mass is 10.7. The third-order valence-electron chi connectivity index (χ3n) is 1.49. The molecule has 4 nitrogen and oxygen atoms in total. The lowest BCUT2D eigenvalue weighted by Crippen LogP contribution is -2.44. The van der Waals surface area contributed by atoms with Crippen LogP contribution in [0.4, 0.5) is 0 Å². The van der Waals surface area contributed by atoms with Crippen molar-refractivity contribution >= 4 is 8.80 Å². The molecular weight excluding hydrogens is 198 g/mol. The Morgan fingerprint density at radius 3 is 1.71 bits per heavy atom. The van der Waals surface area contributed by atoms with Gasteiger partial charge < -0.3 is 19.0 Å². The van der Waals surface area contributed by atoms with Crippen molar-refractivity contribution in [3.8, 4) is 0 Å². The Hall–Kier alpha value is -0.203. The van der Waals surface area contributed by atoms with E-state index in [0.29, 0.717) is 26.4 Å². The normalized spacial score (nSPS) is 12.6. The van der Waals surface area contributed by atoms with E-state index in [1.807, 2.05) is 32.5 Å². The predicted molar refractivity (Wildman–Crippen MR) is 58.8 cm³/mol. The smallest absolute Gasteiger partial charge is 0.371 e. The quantitative estimate of drug-likeness (QED) is 0.621.